The lowest BCUT2D eigenvalue weighted by Crippen LogP contribution is -2.42. The second kappa shape index (κ2) is 10.1. The fourth-order valence-corrected chi connectivity index (χ4v) is 2.47. The molecule has 0 saturated heterocycles. The zero-order valence-corrected chi connectivity index (χ0v) is 17.0. The third-order valence-corrected chi connectivity index (χ3v) is 4.03. The zero-order chi connectivity index (χ0) is 20.5. The van der Waals surface area contributed by atoms with Crippen LogP contribution in [-0.2, 0) is 21.3 Å². The van der Waals surface area contributed by atoms with Gasteiger partial charge in [-0.15, -0.1) is 0 Å². The van der Waals surface area contributed by atoms with Crippen molar-refractivity contribution in [2.75, 3.05) is 19.6 Å². The van der Waals surface area contributed by atoms with E-state index in [9.17, 15) is 13.2 Å². The van der Waals surface area contributed by atoms with E-state index in [1.54, 1.807) is 32.9 Å². The van der Waals surface area contributed by atoms with Crippen LogP contribution in [0.25, 0.3) is 0 Å². The SMILES string of the molecule is CCNC(=NCc1ccc(S(N)(=O)=O)cc1)NCCNC(=O)OC(C)(C)C. The molecule has 0 aliphatic rings. The molecule has 5 N–H and O–H groups in total. The van der Waals surface area contributed by atoms with Crippen molar-refractivity contribution in [1.82, 2.24) is 16.0 Å². The minimum absolute atomic E-state index is 0.0634. The number of primary sulfonamides is 1. The minimum atomic E-state index is -3.70. The summed E-state index contributed by atoms with van der Waals surface area (Å²) in [6.45, 7) is 9.23. The van der Waals surface area contributed by atoms with Crippen molar-refractivity contribution in [3.05, 3.63) is 29.8 Å². The number of alkyl carbamates (subject to hydrolysis) is 1. The molecule has 27 heavy (non-hydrogen) atoms. The van der Waals surface area contributed by atoms with Crippen molar-refractivity contribution in [2.45, 2.75) is 44.7 Å². The molecule has 0 heterocycles. The van der Waals surface area contributed by atoms with Crippen LogP contribution in [0.15, 0.2) is 34.2 Å². The molecule has 1 aromatic rings. The summed E-state index contributed by atoms with van der Waals surface area (Å²) < 4.78 is 27.7. The van der Waals surface area contributed by atoms with Gasteiger partial charge in [0.15, 0.2) is 5.96 Å². The van der Waals surface area contributed by atoms with Crippen LogP contribution in [0, 0.1) is 0 Å². The van der Waals surface area contributed by atoms with Gasteiger partial charge in [-0.3, -0.25) is 0 Å². The quantitative estimate of drug-likeness (QED) is 0.306. The van der Waals surface area contributed by atoms with E-state index in [0.29, 0.717) is 32.1 Å². The maximum atomic E-state index is 11.6. The first kappa shape index (κ1) is 22.7. The number of nitrogens with zero attached hydrogens (tertiary/aromatic N) is 1. The van der Waals surface area contributed by atoms with E-state index in [1.807, 2.05) is 6.92 Å². The molecule has 0 aliphatic carbocycles. The fraction of sp³-hybridized carbons (Fsp3) is 0.529. The Kier molecular flexibility index (Phi) is 8.51. The number of aliphatic imine (C=N–C) groups is 1. The van der Waals surface area contributed by atoms with Gasteiger partial charge < -0.3 is 20.7 Å². The van der Waals surface area contributed by atoms with E-state index in [0.717, 1.165) is 5.56 Å². The Bertz CT molecular complexity index is 740. The van der Waals surface area contributed by atoms with Gasteiger partial charge in [-0.05, 0) is 45.4 Å². The van der Waals surface area contributed by atoms with Gasteiger partial charge in [0, 0.05) is 19.6 Å². The molecule has 0 atom stereocenters. The van der Waals surface area contributed by atoms with Gasteiger partial charge in [-0.1, -0.05) is 12.1 Å². The van der Waals surface area contributed by atoms with E-state index < -0.39 is 21.7 Å². The predicted octanol–water partition coefficient (Wildman–Crippen LogP) is 0.914. The number of rotatable bonds is 7. The molecule has 0 saturated carbocycles. The number of carbonyl (C=O) groups excluding carboxylic acids is 1. The summed E-state index contributed by atoms with van der Waals surface area (Å²) in [5.74, 6) is 0.582. The van der Waals surface area contributed by atoms with E-state index in [1.165, 1.54) is 12.1 Å². The van der Waals surface area contributed by atoms with Crippen LogP contribution in [0.4, 0.5) is 4.79 Å². The molecular weight excluding hydrogens is 370 g/mol. The summed E-state index contributed by atoms with van der Waals surface area (Å²) in [4.78, 5) is 16.1. The van der Waals surface area contributed by atoms with Crippen LogP contribution in [0.2, 0.25) is 0 Å². The Balaban J connectivity index is 2.51. The smallest absolute Gasteiger partial charge is 0.407 e. The molecule has 0 radical (unpaired) electrons. The first-order chi connectivity index (χ1) is 12.5. The molecule has 9 nitrogen and oxygen atoms in total. The van der Waals surface area contributed by atoms with E-state index in [2.05, 4.69) is 20.9 Å². The number of ether oxygens (including phenoxy) is 1. The fourth-order valence-electron chi connectivity index (χ4n) is 1.96. The molecule has 1 rings (SSSR count). The van der Waals surface area contributed by atoms with E-state index in [-0.39, 0.29) is 4.90 Å². The van der Waals surface area contributed by atoms with Crippen molar-refractivity contribution in [2.24, 2.45) is 10.1 Å². The number of hydrogen-bond donors (Lipinski definition) is 4. The Labute approximate surface area is 160 Å². The Hall–Kier alpha value is -2.33. The molecule has 0 aliphatic heterocycles. The van der Waals surface area contributed by atoms with Gasteiger partial charge in [0.1, 0.15) is 5.60 Å². The summed E-state index contributed by atoms with van der Waals surface area (Å²) in [5, 5.41) is 13.9. The van der Waals surface area contributed by atoms with Gasteiger partial charge in [0.05, 0.1) is 11.4 Å². The summed E-state index contributed by atoms with van der Waals surface area (Å²) >= 11 is 0. The summed E-state index contributed by atoms with van der Waals surface area (Å²) in [6, 6.07) is 6.23. The number of carbonyl (C=O) groups is 1. The average Bonchev–Trinajstić information content (AvgIpc) is 2.54. The standard InChI is InChI=1S/C17H29N5O4S/c1-5-19-15(20-10-11-21-16(23)26-17(2,3)4)22-12-13-6-8-14(9-7-13)27(18,24)25/h6-9H,5,10-12H2,1-4H3,(H,21,23)(H2,18,24,25)(H2,19,20,22). The van der Waals surface area contributed by atoms with Crippen molar-refractivity contribution < 1.29 is 17.9 Å². The van der Waals surface area contributed by atoms with E-state index >= 15 is 0 Å². The third kappa shape index (κ3) is 9.80. The van der Waals surface area contributed by atoms with Gasteiger partial charge in [-0.2, -0.15) is 0 Å². The Morgan fingerprint density at radius 3 is 2.22 bits per heavy atom. The maximum Gasteiger partial charge on any atom is 0.407 e. The first-order valence-corrected chi connectivity index (χ1v) is 10.2. The van der Waals surface area contributed by atoms with Crippen molar-refractivity contribution >= 4 is 22.1 Å². The lowest BCUT2D eigenvalue weighted by molar-refractivity contribution is 0.0529. The highest BCUT2D eigenvalue weighted by Crippen LogP contribution is 2.09. The highest BCUT2D eigenvalue weighted by atomic mass is 32.2. The van der Waals surface area contributed by atoms with Crippen molar-refractivity contribution in [1.29, 1.82) is 0 Å². The number of nitrogens with one attached hydrogen (secondary N) is 3. The average molecular weight is 400 g/mol. The second-order valence-electron chi connectivity index (χ2n) is 6.74. The number of guanidine groups is 1. The van der Waals surface area contributed by atoms with Crippen LogP contribution >= 0.6 is 0 Å². The number of nitrogens with two attached hydrogens (primary N) is 1. The molecule has 0 unspecified atom stereocenters. The molecule has 152 valence electrons. The summed E-state index contributed by atoms with van der Waals surface area (Å²) in [5.41, 5.74) is 0.304. The molecule has 1 aromatic carbocycles. The molecule has 0 fully saturated rings. The van der Waals surface area contributed by atoms with Crippen molar-refractivity contribution in [3.8, 4) is 0 Å². The van der Waals surface area contributed by atoms with E-state index in [4.69, 9.17) is 9.88 Å². The predicted molar refractivity (Wildman–Crippen MR) is 105 cm³/mol. The number of amides is 1. The summed E-state index contributed by atoms with van der Waals surface area (Å²) in [7, 11) is -3.70. The normalized spacial score (nSPS) is 12.4. The maximum absolute atomic E-state index is 11.6. The molecule has 0 bridgehead atoms. The highest BCUT2D eigenvalue weighted by Gasteiger charge is 2.15. The lowest BCUT2D eigenvalue weighted by Gasteiger charge is -2.19. The van der Waals surface area contributed by atoms with Crippen LogP contribution in [0.5, 0.6) is 0 Å². The molecule has 10 heteroatoms. The third-order valence-electron chi connectivity index (χ3n) is 3.10. The monoisotopic (exact) mass is 399 g/mol. The minimum Gasteiger partial charge on any atom is -0.444 e. The molecule has 1 amide bonds. The topological polar surface area (TPSA) is 135 Å². The first-order valence-electron chi connectivity index (χ1n) is 8.62. The highest BCUT2D eigenvalue weighted by molar-refractivity contribution is 7.89. The lowest BCUT2D eigenvalue weighted by atomic mass is 10.2. The largest absolute Gasteiger partial charge is 0.444 e. The molecular formula is C17H29N5O4S. The number of sulfonamides is 1. The van der Waals surface area contributed by atoms with Gasteiger partial charge in [0.25, 0.3) is 0 Å². The number of benzene rings is 1. The second-order valence-corrected chi connectivity index (χ2v) is 8.30. The molecule has 0 aromatic heterocycles. The van der Waals surface area contributed by atoms with Gasteiger partial charge in [0.2, 0.25) is 10.0 Å². The van der Waals surface area contributed by atoms with Crippen LogP contribution in [0.1, 0.15) is 33.3 Å². The Morgan fingerprint density at radius 2 is 1.70 bits per heavy atom. The van der Waals surface area contributed by atoms with Crippen LogP contribution < -0.4 is 21.1 Å². The number of hydrogen-bond acceptors (Lipinski definition) is 5. The zero-order valence-electron chi connectivity index (χ0n) is 16.2. The van der Waals surface area contributed by atoms with Crippen molar-refractivity contribution in [3.63, 3.8) is 0 Å². The Morgan fingerprint density at radius 1 is 1.11 bits per heavy atom. The van der Waals surface area contributed by atoms with Crippen LogP contribution in [0.3, 0.4) is 0 Å². The molecule has 0 spiro atoms. The summed E-state index contributed by atoms with van der Waals surface area (Å²) in [6.07, 6.45) is -0.471. The van der Waals surface area contributed by atoms with Gasteiger partial charge in [-0.25, -0.2) is 23.3 Å². The van der Waals surface area contributed by atoms with Gasteiger partial charge >= 0.3 is 6.09 Å². The van der Waals surface area contributed by atoms with Crippen LogP contribution in [-0.4, -0.2) is 45.7 Å².